The second-order valence-corrected chi connectivity index (χ2v) is 9.13. The van der Waals surface area contributed by atoms with Gasteiger partial charge in [0.05, 0.1) is 18.7 Å². The number of aryl methyl sites for hydroxylation is 1. The van der Waals surface area contributed by atoms with Crippen LogP contribution in [0.25, 0.3) is 0 Å². The maximum atomic E-state index is 13.3. The van der Waals surface area contributed by atoms with E-state index >= 15 is 0 Å². The van der Waals surface area contributed by atoms with Crippen molar-refractivity contribution in [1.82, 2.24) is 20.2 Å². The molecular formula is C28H40N4O2. The molecule has 1 fully saturated rings. The molecule has 6 nitrogen and oxygen atoms in total. The van der Waals surface area contributed by atoms with Gasteiger partial charge in [0, 0.05) is 19.6 Å². The van der Waals surface area contributed by atoms with E-state index in [1.807, 2.05) is 35.9 Å². The third-order valence-electron chi connectivity index (χ3n) is 6.02. The van der Waals surface area contributed by atoms with Crippen LogP contribution in [0.5, 0.6) is 5.75 Å². The number of carbonyl (C=O) groups excluding carboxylic acids is 1. The highest BCUT2D eigenvalue weighted by atomic mass is 16.5. The molecule has 2 heterocycles. The van der Waals surface area contributed by atoms with Crippen molar-refractivity contribution in [1.29, 1.82) is 0 Å². The summed E-state index contributed by atoms with van der Waals surface area (Å²) in [5.74, 6) is 0.934. The van der Waals surface area contributed by atoms with Crippen molar-refractivity contribution >= 4 is 5.91 Å². The van der Waals surface area contributed by atoms with Gasteiger partial charge in [-0.1, -0.05) is 55.8 Å². The molecule has 4 rings (SSSR count). The predicted octanol–water partition coefficient (Wildman–Crippen LogP) is 4.53. The molecule has 0 radical (unpaired) electrons. The van der Waals surface area contributed by atoms with E-state index in [1.54, 1.807) is 0 Å². The number of ether oxygens (including phenoxy) is 1. The fourth-order valence-electron chi connectivity index (χ4n) is 4.29. The van der Waals surface area contributed by atoms with E-state index in [-0.39, 0.29) is 18.0 Å². The summed E-state index contributed by atoms with van der Waals surface area (Å²) in [4.78, 5) is 17.4. The summed E-state index contributed by atoms with van der Waals surface area (Å²) in [6.07, 6.45) is 3.04. The first-order valence-electron chi connectivity index (χ1n) is 12.4. The molecule has 2 unspecified atom stereocenters. The number of hydrazine groups is 1. The zero-order valence-corrected chi connectivity index (χ0v) is 21.5. The van der Waals surface area contributed by atoms with Crippen LogP contribution in [-0.4, -0.2) is 60.5 Å². The van der Waals surface area contributed by atoms with E-state index in [0.29, 0.717) is 19.7 Å². The average molecular weight is 465 g/mol. The van der Waals surface area contributed by atoms with E-state index in [0.717, 1.165) is 30.0 Å². The highest BCUT2D eigenvalue weighted by Crippen LogP contribution is 2.31. The molecule has 1 N–H and O–H groups in total. The van der Waals surface area contributed by atoms with Gasteiger partial charge >= 0.3 is 0 Å². The minimum atomic E-state index is 0.0239. The number of benzene rings is 2. The zero-order valence-electron chi connectivity index (χ0n) is 21.5. The van der Waals surface area contributed by atoms with E-state index in [1.165, 1.54) is 11.1 Å². The molecule has 34 heavy (non-hydrogen) atoms. The maximum Gasteiger partial charge on any atom is 0.271 e. The summed E-state index contributed by atoms with van der Waals surface area (Å²) in [6, 6.07) is 16.8. The van der Waals surface area contributed by atoms with Gasteiger partial charge in [0.2, 0.25) is 0 Å². The largest absolute Gasteiger partial charge is 0.494 e. The van der Waals surface area contributed by atoms with Gasteiger partial charge in [-0.15, -0.1) is 0 Å². The normalized spacial score (nSPS) is 19.5. The number of carbonyl (C=O) groups is 1. The number of rotatable bonds is 8. The van der Waals surface area contributed by atoms with E-state index in [2.05, 4.69) is 80.7 Å². The number of hydrogen-bond donors (Lipinski definition) is 1. The van der Waals surface area contributed by atoms with E-state index in [4.69, 9.17) is 4.74 Å². The van der Waals surface area contributed by atoms with Gasteiger partial charge in [0.15, 0.2) is 0 Å². The van der Waals surface area contributed by atoms with Crippen LogP contribution >= 0.6 is 0 Å². The third kappa shape index (κ3) is 6.39. The summed E-state index contributed by atoms with van der Waals surface area (Å²) in [7, 11) is 4.13. The maximum absolute atomic E-state index is 13.3. The molecule has 6 heteroatoms. The van der Waals surface area contributed by atoms with Crippen molar-refractivity contribution in [3.05, 3.63) is 77.0 Å². The molecule has 1 saturated heterocycles. The minimum Gasteiger partial charge on any atom is -0.494 e. The molecular weight excluding hydrogens is 424 g/mol. The number of amides is 1. The van der Waals surface area contributed by atoms with Crippen LogP contribution in [-0.2, 0) is 11.3 Å². The number of hydrogen-bond acceptors (Lipinski definition) is 5. The smallest absolute Gasteiger partial charge is 0.271 e. The molecule has 2 atom stereocenters. The number of nitrogens with one attached hydrogen (secondary N) is 1. The lowest BCUT2D eigenvalue weighted by molar-refractivity contribution is -0.134. The van der Waals surface area contributed by atoms with Crippen LogP contribution in [0.2, 0.25) is 0 Å². The Labute approximate surface area is 205 Å². The number of fused-ring (bicyclic) bond motifs is 1. The Morgan fingerprint density at radius 2 is 1.85 bits per heavy atom. The Bertz CT molecular complexity index is 971. The Balaban J connectivity index is 0.00000158. The fourth-order valence-corrected chi connectivity index (χ4v) is 4.29. The van der Waals surface area contributed by atoms with Gasteiger partial charge in [-0.3, -0.25) is 9.80 Å². The predicted molar refractivity (Wildman–Crippen MR) is 138 cm³/mol. The SMILES string of the molecule is CC.Cc1ccc(C2C=C3C(=O)N(Cc4cccc(OCCCN(C)C)c4)CC(C)N3N2)cc1. The summed E-state index contributed by atoms with van der Waals surface area (Å²) in [5, 5.41) is 2.04. The lowest BCUT2D eigenvalue weighted by atomic mass is 10.0. The topological polar surface area (TPSA) is 48.1 Å². The van der Waals surface area contributed by atoms with E-state index < -0.39 is 0 Å². The van der Waals surface area contributed by atoms with Crippen molar-refractivity contribution in [3.8, 4) is 5.75 Å². The van der Waals surface area contributed by atoms with Crippen LogP contribution < -0.4 is 10.2 Å². The lowest BCUT2D eigenvalue weighted by Crippen LogP contribution is -2.55. The summed E-state index contributed by atoms with van der Waals surface area (Å²) < 4.78 is 5.92. The highest BCUT2D eigenvalue weighted by Gasteiger charge is 2.39. The van der Waals surface area contributed by atoms with Gasteiger partial charge in [0.25, 0.3) is 5.91 Å². The summed E-state index contributed by atoms with van der Waals surface area (Å²) >= 11 is 0. The van der Waals surface area contributed by atoms with Crippen molar-refractivity contribution in [2.45, 2.75) is 52.7 Å². The quantitative estimate of drug-likeness (QED) is 0.582. The summed E-state index contributed by atoms with van der Waals surface area (Å²) in [5.41, 5.74) is 7.74. The Morgan fingerprint density at radius 1 is 1.12 bits per heavy atom. The van der Waals surface area contributed by atoms with Crippen molar-refractivity contribution in [2.75, 3.05) is 33.8 Å². The third-order valence-corrected chi connectivity index (χ3v) is 6.02. The molecule has 184 valence electrons. The molecule has 2 aromatic carbocycles. The van der Waals surface area contributed by atoms with Crippen molar-refractivity contribution < 1.29 is 9.53 Å². The first-order valence-corrected chi connectivity index (χ1v) is 12.4. The van der Waals surface area contributed by atoms with Gasteiger partial charge in [-0.2, -0.15) is 0 Å². The zero-order chi connectivity index (χ0) is 24.7. The monoisotopic (exact) mass is 464 g/mol. The molecule has 0 aromatic heterocycles. The second kappa shape index (κ2) is 12.0. The molecule has 0 spiro atoms. The Kier molecular flexibility index (Phi) is 9.13. The molecule has 2 aliphatic rings. The van der Waals surface area contributed by atoms with Crippen LogP contribution in [0.1, 0.15) is 49.9 Å². The molecule has 2 aliphatic heterocycles. The Morgan fingerprint density at radius 3 is 2.56 bits per heavy atom. The van der Waals surface area contributed by atoms with Crippen LogP contribution in [0.15, 0.2) is 60.3 Å². The van der Waals surface area contributed by atoms with Crippen LogP contribution in [0, 0.1) is 6.92 Å². The van der Waals surface area contributed by atoms with Gasteiger partial charge in [-0.25, -0.2) is 5.43 Å². The van der Waals surface area contributed by atoms with Crippen molar-refractivity contribution in [2.24, 2.45) is 0 Å². The molecule has 1 amide bonds. The molecule has 0 aliphatic carbocycles. The van der Waals surface area contributed by atoms with E-state index in [9.17, 15) is 4.79 Å². The molecule has 0 bridgehead atoms. The fraction of sp³-hybridized carbons (Fsp3) is 0.464. The van der Waals surface area contributed by atoms with Gasteiger partial charge in [-0.05, 0) is 63.7 Å². The second-order valence-electron chi connectivity index (χ2n) is 9.13. The van der Waals surface area contributed by atoms with Gasteiger partial charge < -0.3 is 14.5 Å². The Hall–Kier alpha value is -2.83. The first-order chi connectivity index (χ1) is 16.4. The van der Waals surface area contributed by atoms with Crippen LogP contribution in [0.4, 0.5) is 0 Å². The summed E-state index contributed by atoms with van der Waals surface area (Å²) in [6.45, 7) is 11.2. The standard InChI is InChI=1S/C26H34N4O2.C2H6/c1-19-9-11-22(12-10-19)24-16-25-26(31)29(17-20(2)30(25)27-24)18-21-7-5-8-23(15-21)32-14-6-13-28(3)4;1-2/h5,7-12,15-16,20,24,27H,6,13-14,17-18H2,1-4H3;1-2H3. The molecule has 0 saturated carbocycles. The minimum absolute atomic E-state index is 0.0239. The first kappa shape index (κ1) is 25.8. The number of piperazine rings is 1. The number of nitrogens with zero attached hydrogens (tertiary/aromatic N) is 3. The van der Waals surface area contributed by atoms with Crippen LogP contribution in [0.3, 0.4) is 0 Å². The average Bonchev–Trinajstić information content (AvgIpc) is 3.29. The molecule has 2 aromatic rings. The lowest BCUT2D eigenvalue weighted by Gasteiger charge is -2.40. The van der Waals surface area contributed by atoms with Gasteiger partial charge in [0.1, 0.15) is 11.4 Å². The van der Waals surface area contributed by atoms with Crippen molar-refractivity contribution in [3.63, 3.8) is 0 Å². The highest BCUT2D eigenvalue weighted by molar-refractivity contribution is 5.94.